The minimum Gasteiger partial charge on any atom is -0.497 e. The lowest BCUT2D eigenvalue weighted by atomic mass is 10.1. The molecule has 0 bridgehead atoms. The third-order valence-corrected chi connectivity index (χ3v) is 7.59. The number of methoxy groups -OCH3 is 1. The van der Waals surface area contributed by atoms with Gasteiger partial charge >= 0.3 is 12.2 Å². The van der Waals surface area contributed by atoms with Crippen molar-refractivity contribution in [3.8, 4) is 22.7 Å². The van der Waals surface area contributed by atoms with Crippen molar-refractivity contribution in [2.24, 2.45) is 0 Å². The molecule has 1 aliphatic heterocycles. The molecule has 0 atom stereocenters. The van der Waals surface area contributed by atoms with Crippen LogP contribution in [-0.4, -0.2) is 59.6 Å². The molecule has 0 radical (unpaired) electrons. The van der Waals surface area contributed by atoms with E-state index in [1.165, 1.54) is 17.0 Å². The average Bonchev–Trinajstić information content (AvgIpc) is 3.33. The van der Waals surface area contributed by atoms with E-state index < -0.39 is 17.8 Å². The lowest BCUT2D eigenvalue weighted by molar-refractivity contribution is -0.137. The molecule has 1 fully saturated rings. The van der Waals surface area contributed by atoms with E-state index in [2.05, 4.69) is 5.32 Å². The molecule has 11 heteroatoms. The number of hydrogen-bond acceptors (Lipinski definition) is 3. The number of carbonyl (C=O) groups is 2. The maximum atomic E-state index is 13.8. The highest BCUT2D eigenvalue weighted by atomic mass is 35.5. The van der Waals surface area contributed by atoms with Crippen LogP contribution >= 0.6 is 11.6 Å². The van der Waals surface area contributed by atoms with Gasteiger partial charge in [0.05, 0.1) is 34.6 Å². The monoisotopic (exact) mass is 596 g/mol. The lowest BCUT2D eigenvalue weighted by Gasteiger charge is -2.34. The molecule has 0 saturated carbocycles. The third-order valence-electron chi connectivity index (χ3n) is 7.27. The van der Waals surface area contributed by atoms with Gasteiger partial charge in [0.15, 0.2) is 0 Å². The predicted molar refractivity (Wildman–Crippen MR) is 155 cm³/mol. The first kappa shape index (κ1) is 29.1. The summed E-state index contributed by atoms with van der Waals surface area (Å²) in [5, 5.41) is 3.17. The van der Waals surface area contributed by atoms with Crippen LogP contribution in [0.3, 0.4) is 0 Å². The van der Waals surface area contributed by atoms with Crippen molar-refractivity contribution in [3.63, 3.8) is 0 Å². The number of hydrogen-bond donors (Lipinski definition) is 1. The van der Waals surface area contributed by atoms with E-state index >= 15 is 0 Å². The zero-order valence-electron chi connectivity index (χ0n) is 22.9. The van der Waals surface area contributed by atoms with Crippen molar-refractivity contribution in [2.75, 3.05) is 38.6 Å². The van der Waals surface area contributed by atoms with Crippen molar-refractivity contribution < 1.29 is 27.5 Å². The molecule has 1 aliphatic rings. The number of anilines is 1. The Morgan fingerprint density at radius 2 is 1.50 bits per heavy atom. The number of halogens is 4. The third kappa shape index (κ3) is 5.94. The quantitative estimate of drug-likeness (QED) is 0.267. The molecule has 3 amide bonds. The van der Waals surface area contributed by atoms with Crippen LogP contribution in [-0.2, 0) is 6.18 Å². The molecular formula is C31H28ClF3N4O3. The number of carbonyl (C=O) groups excluding carboxylic acids is 2. The highest BCUT2D eigenvalue weighted by Crippen LogP contribution is 2.34. The fourth-order valence-electron chi connectivity index (χ4n) is 4.97. The zero-order chi connectivity index (χ0) is 30.0. The first-order valence-corrected chi connectivity index (χ1v) is 13.6. The standard InChI is InChI=1S/C31H28ClF3N4O3/c1-20-25(19-28(21-7-13-24(42-2)14-8-21)39(20)27-6-4-3-5-26(27)32)29(40)37-15-17-38(18-16-37)30(41)36-23-11-9-22(10-12-23)31(33,34)35/h3-14,19H,15-18H2,1-2H3,(H,36,41). The van der Waals surface area contributed by atoms with Gasteiger partial charge in [-0.15, -0.1) is 0 Å². The van der Waals surface area contributed by atoms with Gasteiger partial charge < -0.3 is 24.4 Å². The smallest absolute Gasteiger partial charge is 0.416 e. The van der Waals surface area contributed by atoms with Gasteiger partial charge in [-0.2, -0.15) is 13.2 Å². The summed E-state index contributed by atoms with van der Waals surface area (Å²) in [6.45, 7) is 3.01. The highest BCUT2D eigenvalue weighted by Gasteiger charge is 2.31. The Kier molecular flexibility index (Phi) is 8.17. The molecule has 3 aromatic carbocycles. The van der Waals surface area contributed by atoms with Crippen LogP contribution in [0.1, 0.15) is 21.6 Å². The number of ether oxygens (including phenoxy) is 1. The van der Waals surface area contributed by atoms with Crippen molar-refractivity contribution in [3.05, 3.63) is 101 Å². The molecular weight excluding hydrogens is 569 g/mol. The van der Waals surface area contributed by atoms with E-state index in [0.29, 0.717) is 29.4 Å². The minimum absolute atomic E-state index is 0.170. The fraction of sp³-hybridized carbons (Fsp3) is 0.226. The molecule has 0 spiro atoms. The van der Waals surface area contributed by atoms with E-state index in [9.17, 15) is 22.8 Å². The lowest BCUT2D eigenvalue weighted by Crippen LogP contribution is -2.51. The molecule has 0 aliphatic carbocycles. The number of aromatic nitrogens is 1. The normalized spacial score (nSPS) is 13.7. The van der Waals surface area contributed by atoms with Crippen LogP contribution in [0.2, 0.25) is 5.02 Å². The number of rotatable bonds is 5. The van der Waals surface area contributed by atoms with Crippen molar-refractivity contribution in [1.82, 2.24) is 14.4 Å². The zero-order valence-corrected chi connectivity index (χ0v) is 23.7. The van der Waals surface area contributed by atoms with E-state index in [1.807, 2.05) is 60.0 Å². The number of nitrogens with zero attached hydrogens (tertiary/aromatic N) is 3. The number of para-hydroxylation sites is 1. The second-order valence-electron chi connectivity index (χ2n) is 9.83. The van der Waals surface area contributed by atoms with Gasteiger partial charge in [0, 0.05) is 37.6 Å². The number of alkyl halides is 3. The number of nitrogens with one attached hydrogen (secondary N) is 1. The summed E-state index contributed by atoms with van der Waals surface area (Å²) < 4.78 is 45.7. The molecule has 5 rings (SSSR count). The molecule has 1 N–H and O–H groups in total. The van der Waals surface area contributed by atoms with Crippen LogP contribution in [0.25, 0.3) is 16.9 Å². The van der Waals surface area contributed by atoms with Crippen LogP contribution < -0.4 is 10.1 Å². The maximum Gasteiger partial charge on any atom is 0.416 e. The predicted octanol–water partition coefficient (Wildman–Crippen LogP) is 7.12. The summed E-state index contributed by atoms with van der Waals surface area (Å²) in [7, 11) is 1.60. The Balaban J connectivity index is 1.33. The largest absolute Gasteiger partial charge is 0.497 e. The average molecular weight is 597 g/mol. The van der Waals surface area contributed by atoms with Gasteiger partial charge in [0.2, 0.25) is 0 Å². The minimum atomic E-state index is -4.45. The van der Waals surface area contributed by atoms with Crippen molar-refractivity contribution >= 4 is 29.2 Å². The molecule has 1 aromatic heterocycles. The Labute approximate surface area is 246 Å². The molecule has 4 aromatic rings. The molecule has 218 valence electrons. The summed E-state index contributed by atoms with van der Waals surface area (Å²) in [4.78, 5) is 29.7. The van der Waals surface area contributed by atoms with E-state index in [1.54, 1.807) is 18.1 Å². The van der Waals surface area contributed by atoms with Gasteiger partial charge in [-0.05, 0) is 79.2 Å². The van der Waals surface area contributed by atoms with Crippen LogP contribution in [0.4, 0.5) is 23.7 Å². The van der Waals surface area contributed by atoms with E-state index in [4.69, 9.17) is 16.3 Å². The van der Waals surface area contributed by atoms with Gasteiger partial charge in [-0.3, -0.25) is 4.79 Å². The van der Waals surface area contributed by atoms with E-state index in [-0.39, 0.29) is 24.7 Å². The Morgan fingerprint density at radius 3 is 2.10 bits per heavy atom. The van der Waals surface area contributed by atoms with Gasteiger partial charge in [-0.25, -0.2) is 4.79 Å². The SMILES string of the molecule is COc1ccc(-c2cc(C(=O)N3CCN(C(=O)Nc4ccc(C(F)(F)F)cc4)CC3)c(C)n2-c2ccccc2Cl)cc1. The molecule has 7 nitrogen and oxygen atoms in total. The summed E-state index contributed by atoms with van der Waals surface area (Å²) in [6, 6.07) is 20.6. The van der Waals surface area contributed by atoms with Crippen LogP contribution in [0, 0.1) is 6.92 Å². The van der Waals surface area contributed by atoms with Crippen LogP contribution in [0.5, 0.6) is 5.75 Å². The Bertz CT molecular complexity index is 1590. The second kappa shape index (κ2) is 11.8. The topological polar surface area (TPSA) is 66.8 Å². The summed E-state index contributed by atoms with van der Waals surface area (Å²) >= 11 is 6.58. The highest BCUT2D eigenvalue weighted by molar-refractivity contribution is 6.32. The Morgan fingerprint density at radius 1 is 0.881 bits per heavy atom. The molecule has 0 unspecified atom stereocenters. The van der Waals surface area contributed by atoms with Crippen molar-refractivity contribution in [2.45, 2.75) is 13.1 Å². The molecule has 1 saturated heterocycles. The Hall–Kier alpha value is -4.44. The summed E-state index contributed by atoms with van der Waals surface area (Å²) in [5.74, 6) is 0.540. The van der Waals surface area contributed by atoms with Crippen LogP contribution in [0.15, 0.2) is 78.9 Å². The first-order chi connectivity index (χ1) is 20.1. The first-order valence-electron chi connectivity index (χ1n) is 13.2. The molecule has 2 heterocycles. The number of piperazine rings is 1. The maximum absolute atomic E-state index is 13.8. The summed E-state index contributed by atoms with van der Waals surface area (Å²) in [5.41, 5.74) is 3.12. The van der Waals surface area contributed by atoms with Gasteiger partial charge in [0.25, 0.3) is 5.91 Å². The number of urea groups is 1. The van der Waals surface area contributed by atoms with E-state index in [0.717, 1.165) is 34.8 Å². The van der Waals surface area contributed by atoms with Crippen molar-refractivity contribution in [1.29, 1.82) is 0 Å². The molecule has 42 heavy (non-hydrogen) atoms. The van der Waals surface area contributed by atoms with Gasteiger partial charge in [0.1, 0.15) is 5.75 Å². The van der Waals surface area contributed by atoms with Gasteiger partial charge in [-0.1, -0.05) is 23.7 Å². The number of amides is 3. The fourth-order valence-corrected chi connectivity index (χ4v) is 5.19. The summed E-state index contributed by atoms with van der Waals surface area (Å²) in [6.07, 6.45) is -4.45. The number of benzene rings is 3. The second-order valence-corrected chi connectivity index (χ2v) is 10.2.